The maximum Gasteiger partial charge on any atom is 0.238 e. The Kier molecular flexibility index (Phi) is 5.56. The minimum Gasteiger partial charge on any atom is -0.325 e. The Bertz CT molecular complexity index is 441. The molecule has 1 saturated heterocycles. The summed E-state index contributed by atoms with van der Waals surface area (Å²) in [5.74, 6) is 0.0175. The van der Waals surface area contributed by atoms with E-state index < -0.39 is 0 Å². The van der Waals surface area contributed by atoms with Crippen LogP contribution in [0.25, 0.3) is 0 Å². The van der Waals surface area contributed by atoms with Crippen LogP contribution in [0.5, 0.6) is 0 Å². The summed E-state index contributed by atoms with van der Waals surface area (Å²) in [5.41, 5.74) is 2.02. The number of benzene rings is 1. The van der Waals surface area contributed by atoms with Gasteiger partial charge in [-0.05, 0) is 57.5 Å². The number of likely N-dealkylation sites (tertiary alicyclic amines) is 1. The van der Waals surface area contributed by atoms with Crippen molar-refractivity contribution in [1.82, 2.24) is 10.2 Å². The van der Waals surface area contributed by atoms with E-state index in [1.54, 1.807) is 0 Å². The summed E-state index contributed by atoms with van der Waals surface area (Å²) < 4.78 is 0. The quantitative estimate of drug-likeness (QED) is 0.834. The fourth-order valence-electron chi connectivity index (χ4n) is 2.61. The first kappa shape index (κ1) is 15.0. The van der Waals surface area contributed by atoms with Gasteiger partial charge in [-0.3, -0.25) is 4.79 Å². The molecule has 1 unspecified atom stereocenters. The zero-order chi connectivity index (χ0) is 14.4. The Labute approximate surface area is 121 Å². The molecule has 1 heterocycles. The van der Waals surface area contributed by atoms with E-state index in [1.807, 2.05) is 31.2 Å². The largest absolute Gasteiger partial charge is 0.325 e. The van der Waals surface area contributed by atoms with E-state index in [1.165, 1.54) is 25.9 Å². The van der Waals surface area contributed by atoms with Crippen molar-refractivity contribution in [3.05, 3.63) is 29.8 Å². The van der Waals surface area contributed by atoms with Crippen molar-refractivity contribution in [2.24, 2.45) is 0 Å². The lowest BCUT2D eigenvalue weighted by atomic mass is 10.2. The molecule has 0 spiro atoms. The average Bonchev–Trinajstić information content (AvgIpc) is 2.89. The zero-order valence-electron chi connectivity index (χ0n) is 12.5. The molecule has 0 aliphatic carbocycles. The molecule has 2 rings (SSSR count). The monoisotopic (exact) mass is 275 g/mol. The van der Waals surface area contributed by atoms with Gasteiger partial charge in [0.2, 0.25) is 5.91 Å². The number of rotatable bonds is 6. The third-order valence-corrected chi connectivity index (χ3v) is 3.64. The van der Waals surface area contributed by atoms with Crippen LogP contribution >= 0.6 is 0 Å². The molecule has 1 aromatic rings. The number of anilines is 1. The minimum absolute atomic E-state index is 0.0175. The highest BCUT2D eigenvalue weighted by Gasteiger charge is 2.14. The number of hydrogen-bond acceptors (Lipinski definition) is 3. The van der Waals surface area contributed by atoms with Crippen LogP contribution in [-0.2, 0) is 4.79 Å². The summed E-state index contributed by atoms with van der Waals surface area (Å²) in [5, 5.41) is 6.21. The van der Waals surface area contributed by atoms with Gasteiger partial charge in [0, 0.05) is 18.3 Å². The molecule has 0 bridgehead atoms. The number of carbonyl (C=O) groups is 1. The number of carbonyl (C=O) groups excluding carboxylic acids is 1. The molecule has 4 nitrogen and oxygen atoms in total. The summed E-state index contributed by atoms with van der Waals surface area (Å²) in [6.07, 6.45) is 2.61. The second-order valence-corrected chi connectivity index (χ2v) is 5.71. The van der Waals surface area contributed by atoms with Crippen LogP contribution in [0.3, 0.4) is 0 Å². The van der Waals surface area contributed by atoms with Gasteiger partial charge in [0.05, 0.1) is 6.54 Å². The van der Waals surface area contributed by atoms with Gasteiger partial charge in [0.25, 0.3) is 0 Å². The van der Waals surface area contributed by atoms with Crippen molar-refractivity contribution in [1.29, 1.82) is 0 Å². The summed E-state index contributed by atoms with van der Waals surface area (Å²) in [7, 11) is 0. The van der Waals surface area contributed by atoms with E-state index in [-0.39, 0.29) is 5.91 Å². The second kappa shape index (κ2) is 7.41. The number of amides is 1. The summed E-state index contributed by atoms with van der Waals surface area (Å²) >= 11 is 0. The Hall–Kier alpha value is -1.39. The summed E-state index contributed by atoms with van der Waals surface area (Å²) in [6.45, 7) is 7.94. The Balaban J connectivity index is 1.69. The highest BCUT2D eigenvalue weighted by Crippen LogP contribution is 2.09. The molecule has 4 heteroatoms. The van der Waals surface area contributed by atoms with Crippen molar-refractivity contribution in [3.63, 3.8) is 0 Å². The lowest BCUT2D eigenvalue weighted by molar-refractivity contribution is -0.115. The molecule has 0 aromatic heterocycles. The second-order valence-electron chi connectivity index (χ2n) is 5.71. The maximum atomic E-state index is 11.9. The summed E-state index contributed by atoms with van der Waals surface area (Å²) in [4.78, 5) is 14.3. The molecule has 1 amide bonds. The first-order valence-corrected chi connectivity index (χ1v) is 7.46. The van der Waals surface area contributed by atoms with E-state index in [2.05, 4.69) is 22.5 Å². The predicted octanol–water partition coefficient (Wildman–Crippen LogP) is 2.01. The van der Waals surface area contributed by atoms with Crippen molar-refractivity contribution in [3.8, 4) is 0 Å². The third-order valence-electron chi connectivity index (χ3n) is 3.64. The van der Waals surface area contributed by atoms with Gasteiger partial charge >= 0.3 is 0 Å². The molecule has 1 fully saturated rings. The van der Waals surface area contributed by atoms with Crippen LogP contribution in [0.2, 0.25) is 0 Å². The lowest BCUT2D eigenvalue weighted by Gasteiger charge is -2.21. The molecule has 1 aliphatic rings. The molecule has 1 aromatic carbocycles. The molecule has 0 saturated carbocycles. The number of hydrogen-bond donors (Lipinski definition) is 2. The van der Waals surface area contributed by atoms with Crippen molar-refractivity contribution < 1.29 is 4.79 Å². The van der Waals surface area contributed by atoms with E-state index in [9.17, 15) is 4.79 Å². The van der Waals surface area contributed by atoms with Crippen LogP contribution in [0.1, 0.15) is 25.3 Å². The Morgan fingerprint density at radius 1 is 1.35 bits per heavy atom. The van der Waals surface area contributed by atoms with E-state index in [4.69, 9.17) is 0 Å². The SMILES string of the molecule is Cc1cccc(NC(=O)CNC(C)CN2CCCC2)c1. The van der Waals surface area contributed by atoms with Gasteiger partial charge in [-0.1, -0.05) is 12.1 Å². The first-order valence-electron chi connectivity index (χ1n) is 7.46. The van der Waals surface area contributed by atoms with Crippen LogP contribution in [0.4, 0.5) is 5.69 Å². The van der Waals surface area contributed by atoms with Gasteiger partial charge in [0.15, 0.2) is 0 Å². The van der Waals surface area contributed by atoms with Crippen LogP contribution in [0, 0.1) is 6.92 Å². The van der Waals surface area contributed by atoms with Crippen LogP contribution in [0.15, 0.2) is 24.3 Å². The van der Waals surface area contributed by atoms with Crippen molar-refractivity contribution in [2.45, 2.75) is 32.7 Å². The fraction of sp³-hybridized carbons (Fsp3) is 0.562. The van der Waals surface area contributed by atoms with E-state index in [0.717, 1.165) is 17.8 Å². The molecular weight excluding hydrogens is 250 g/mol. The van der Waals surface area contributed by atoms with Gasteiger partial charge in [-0.15, -0.1) is 0 Å². The van der Waals surface area contributed by atoms with E-state index >= 15 is 0 Å². The van der Waals surface area contributed by atoms with Gasteiger partial charge < -0.3 is 15.5 Å². The number of nitrogens with zero attached hydrogens (tertiary/aromatic N) is 1. The number of aryl methyl sites for hydroxylation is 1. The summed E-state index contributed by atoms with van der Waals surface area (Å²) in [6, 6.07) is 8.21. The molecule has 1 atom stereocenters. The normalized spacial score (nSPS) is 17.1. The first-order chi connectivity index (χ1) is 9.63. The average molecular weight is 275 g/mol. The maximum absolute atomic E-state index is 11.9. The predicted molar refractivity (Wildman–Crippen MR) is 82.9 cm³/mol. The molecule has 20 heavy (non-hydrogen) atoms. The minimum atomic E-state index is 0.0175. The van der Waals surface area contributed by atoms with E-state index in [0.29, 0.717) is 12.6 Å². The highest BCUT2D eigenvalue weighted by atomic mass is 16.1. The zero-order valence-corrected chi connectivity index (χ0v) is 12.5. The molecule has 1 aliphatic heterocycles. The third kappa shape index (κ3) is 4.94. The molecule has 110 valence electrons. The topological polar surface area (TPSA) is 44.4 Å². The van der Waals surface area contributed by atoms with Crippen LogP contribution < -0.4 is 10.6 Å². The standard InChI is InChI=1S/C16H25N3O/c1-13-6-5-7-15(10-13)18-16(20)11-17-14(2)12-19-8-3-4-9-19/h5-7,10,14,17H,3-4,8-9,11-12H2,1-2H3,(H,18,20). The Morgan fingerprint density at radius 2 is 2.10 bits per heavy atom. The van der Waals surface area contributed by atoms with Crippen LogP contribution in [-0.4, -0.2) is 43.0 Å². The Morgan fingerprint density at radius 3 is 2.80 bits per heavy atom. The fourth-order valence-corrected chi connectivity index (χ4v) is 2.61. The molecule has 0 radical (unpaired) electrons. The van der Waals surface area contributed by atoms with Crippen molar-refractivity contribution >= 4 is 11.6 Å². The van der Waals surface area contributed by atoms with Gasteiger partial charge in [-0.25, -0.2) is 0 Å². The lowest BCUT2D eigenvalue weighted by Crippen LogP contribution is -2.41. The molecular formula is C16H25N3O. The van der Waals surface area contributed by atoms with Gasteiger partial charge in [0.1, 0.15) is 0 Å². The van der Waals surface area contributed by atoms with Crippen molar-refractivity contribution in [2.75, 3.05) is 31.5 Å². The number of nitrogens with one attached hydrogen (secondary N) is 2. The van der Waals surface area contributed by atoms with Gasteiger partial charge in [-0.2, -0.15) is 0 Å². The highest BCUT2D eigenvalue weighted by molar-refractivity contribution is 5.92. The smallest absolute Gasteiger partial charge is 0.238 e. The molecule has 2 N–H and O–H groups in total.